The maximum atomic E-state index is 12.6. The number of nitrogens with zero attached hydrogens (tertiary/aromatic N) is 5. The summed E-state index contributed by atoms with van der Waals surface area (Å²) in [5, 5.41) is 3.67. The minimum Gasteiger partial charge on any atom is -0.369 e. The molecule has 0 spiro atoms. The first-order valence-electron chi connectivity index (χ1n) is 11.3. The Labute approximate surface area is 200 Å². The quantitative estimate of drug-likeness (QED) is 0.599. The van der Waals surface area contributed by atoms with Crippen LogP contribution in [-0.4, -0.2) is 85.4 Å². The molecule has 2 aliphatic rings. The van der Waals surface area contributed by atoms with Gasteiger partial charge in [0.25, 0.3) is 10.0 Å². The number of imidazole rings is 1. The van der Waals surface area contributed by atoms with Crippen LogP contribution in [0.1, 0.15) is 18.4 Å². The van der Waals surface area contributed by atoms with E-state index in [4.69, 9.17) is 11.6 Å². The number of nitrogens with one attached hydrogen (secondary N) is 1. The Hall–Kier alpha value is -2.14. The Morgan fingerprint density at radius 1 is 1.12 bits per heavy atom. The van der Waals surface area contributed by atoms with Gasteiger partial charge in [-0.1, -0.05) is 17.7 Å². The van der Waals surface area contributed by atoms with E-state index in [-0.39, 0.29) is 17.5 Å². The topological polar surface area (TPSA) is 90.8 Å². The van der Waals surface area contributed by atoms with Gasteiger partial charge in [0.1, 0.15) is 6.54 Å². The predicted molar refractivity (Wildman–Crippen MR) is 128 cm³/mol. The van der Waals surface area contributed by atoms with Crippen LogP contribution in [0.25, 0.3) is 0 Å². The second kappa shape index (κ2) is 10.4. The molecule has 0 bridgehead atoms. The van der Waals surface area contributed by atoms with E-state index in [1.54, 1.807) is 0 Å². The zero-order valence-electron chi connectivity index (χ0n) is 18.9. The zero-order chi connectivity index (χ0) is 23.4. The molecule has 1 aromatic heterocycles. The molecule has 2 fully saturated rings. The summed E-state index contributed by atoms with van der Waals surface area (Å²) in [5.74, 6) is -0.161. The van der Waals surface area contributed by atoms with E-state index in [9.17, 15) is 13.2 Å². The Morgan fingerprint density at radius 3 is 2.58 bits per heavy atom. The van der Waals surface area contributed by atoms with Crippen molar-refractivity contribution in [3.63, 3.8) is 0 Å². The fraction of sp³-hybridized carbons (Fsp3) is 0.545. The van der Waals surface area contributed by atoms with Gasteiger partial charge in [0, 0.05) is 69.3 Å². The van der Waals surface area contributed by atoms with Crippen LogP contribution in [0.4, 0.5) is 5.69 Å². The monoisotopic (exact) mass is 494 g/mol. The summed E-state index contributed by atoms with van der Waals surface area (Å²) in [4.78, 5) is 21.0. The minimum atomic E-state index is -3.56. The van der Waals surface area contributed by atoms with E-state index in [1.165, 1.54) is 32.6 Å². The van der Waals surface area contributed by atoms with Gasteiger partial charge in [0.15, 0.2) is 5.03 Å². The number of benzene rings is 1. The Kier molecular flexibility index (Phi) is 7.58. The number of piperazine rings is 1. The van der Waals surface area contributed by atoms with Crippen molar-refractivity contribution in [3.8, 4) is 0 Å². The molecule has 4 rings (SSSR count). The van der Waals surface area contributed by atoms with Gasteiger partial charge in [-0.25, -0.2) is 13.4 Å². The van der Waals surface area contributed by atoms with Crippen LogP contribution in [0, 0.1) is 6.92 Å². The number of hydrogen-bond donors (Lipinski definition) is 1. The van der Waals surface area contributed by atoms with Crippen molar-refractivity contribution < 1.29 is 13.2 Å². The van der Waals surface area contributed by atoms with E-state index < -0.39 is 10.0 Å². The first-order chi connectivity index (χ1) is 15.8. The summed E-state index contributed by atoms with van der Waals surface area (Å²) in [7, 11) is -3.56. The van der Waals surface area contributed by atoms with Crippen molar-refractivity contribution in [2.24, 2.45) is 0 Å². The number of amides is 1. The number of aryl methyl sites for hydroxylation is 1. The number of rotatable bonds is 8. The van der Waals surface area contributed by atoms with E-state index in [0.717, 1.165) is 50.6 Å². The molecule has 0 aliphatic carbocycles. The Balaban J connectivity index is 1.19. The number of sulfonamides is 1. The van der Waals surface area contributed by atoms with E-state index >= 15 is 0 Å². The molecule has 2 aromatic rings. The number of carbonyl (C=O) groups is 1. The molecule has 1 amide bonds. The summed E-state index contributed by atoms with van der Waals surface area (Å²) in [6.45, 7) is 8.18. The second-order valence-corrected chi connectivity index (χ2v) is 10.9. The van der Waals surface area contributed by atoms with Crippen LogP contribution in [0.2, 0.25) is 5.02 Å². The molecule has 9 nitrogen and oxygen atoms in total. The van der Waals surface area contributed by atoms with Crippen molar-refractivity contribution in [1.82, 2.24) is 24.1 Å². The number of carbonyl (C=O) groups excluding carboxylic acids is 1. The van der Waals surface area contributed by atoms with Gasteiger partial charge in [-0.2, -0.15) is 4.31 Å². The van der Waals surface area contributed by atoms with Gasteiger partial charge >= 0.3 is 0 Å². The summed E-state index contributed by atoms with van der Waals surface area (Å²) >= 11 is 6.16. The largest absolute Gasteiger partial charge is 0.369 e. The van der Waals surface area contributed by atoms with Crippen molar-refractivity contribution in [1.29, 1.82) is 0 Å². The van der Waals surface area contributed by atoms with Crippen molar-refractivity contribution in [3.05, 3.63) is 41.3 Å². The lowest BCUT2D eigenvalue weighted by Crippen LogP contribution is -2.48. The Bertz CT molecular complexity index is 1080. The lowest BCUT2D eigenvalue weighted by molar-refractivity contribution is -0.121. The maximum absolute atomic E-state index is 12.6. The summed E-state index contributed by atoms with van der Waals surface area (Å²) < 4.78 is 28.1. The third-order valence-electron chi connectivity index (χ3n) is 6.24. The minimum absolute atomic E-state index is 0.00464. The van der Waals surface area contributed by atoms with E-state index in [0.29, 0.717) is 19.6 Å². The van der Waals surface area contributed by atoms with Gasteiger partial charge in [0.05, 0.1) is 6.33 Å². The van der Waals surface area contributed by atoms with Gasteiger partial charge in [-0.15, -0.1) is 0 Å². The number of halogens is 1. The molecule has 3 heterocycles. The summed E-state index contributed by atoms with van der Waals surface area (Å²) in [6, 6.07) is 5.98. The third kappa shape index (κ3) is 5.87. The fourth-order valence-electron chi connectivity index (χ4n) is 4.33. The molecule has 1 aromatic carbocycles. The Morgan fingerprint density at radius 2 is 1.85 bits per heavy atom. The van der Waals surface area contributed by atoms with Crippen molar-refractivity contribution in [2.75, 3.05) is 57.3 Å². The molecule has 33 heavy (non-hydrogen) atoms. The number of anilines is 1. The summed E-state index contributed by atoms with van der Waals surface area (Å²) in [5.41, 5.74) is 2.40. The highest BCUT2D eigenvalue weighted by molar-refractivity contribution is 7.89. The smallest absolute Gasteiger partial charge is 0.262 e. The second-order valence-electron chi connectivity index (χ2n) is 8.60. The average molecular weight is 495 g/mol. The van der Waals surface area contributed by atoms with Crippen molar-refractivity contribution in [2.45, 2.75) is 31.3 Å². The van der Waals surface area contributed by atoms with Crippen molar-refractivity contribution >= 4 is 33.2 Å². The van der Waals surface area contributed by atoms with E-state index in [1.807, 2.05) is 18.2 Å². The third-order valence-corrected chi connectivity index (χ3v) is 8.26. The molecule has 2 saturated heterocycles. The molecule has 0 unspecified atom stereocenters. The normalized spacial score (nSPS) is 18.1. The van der Waals surface area contributed by atoms with Crippen LogP contribution in [0.3, 0.4) is 0 Å². The lowest BCUT2D eigenvalue weighted by atomic mass is 10.1. The molecular weight excluding hydrogens is 464 g/mol. The average Bonchev–Trinajstić information content (AvgIpc) is 3.49. The highest BCUT2D eigenvalue weighted by Gasteiger charge is 2.29. The lowest BCUT2D eigenvalue weighted by Gasteiger charge is -2.36. The predicted octanol–water partition coefficient (Wildman–Crippen LogP) is 1.57. The molecule has 1 N–H and O–H groups in total. The molecule has 0 saturated carbocycles. The van der Waals surface area contributed by atoms with Crippen LogP contribution < -0.4 is 10.2 Å². The van der Waals surface area contributed by atoms with Gasteiger partial charge in [0.2, 0.25) is 5.91 Å². The molecular formula is C22H31ClN6O3S. The van der Waals surface area contributed by atoms with Crippen LogP contribution >= 0.6 is 11.6 Å². The highest BCUT2D eigenvalue weighted by Crippen LogP contribution is 2.25. The van der Waals surface area contributed by atoms with Crippen LogP contribution in [0.15, 0.2) is 35.7 Å². The van der Waals surface area contributed by atoms with Gasteiger partial charge in [-0.3, -0.25) is 9.69 Å². The van der Waals surface area contributed by atoms with Crippen LogP contribution in [0.5, 0.6) is 0 Å². The zero-order valence-corrected chi connectivity index (χ0v) is 20.5. The maximum Gasteiger partial charge on any atom is 0.262 e. The fourth-order valence-corrected chi connectivity index (χ4v) is 5.95. The number of aromatic nitrogens is 2. The molecule has 2 aliphatic heterocycles. The standard InChI is InChI=1S/C22H31ClN6O3S/c1-18-4-5-19(23)14-20(18)28-12-10-26(11-13-28)9-6-24-21(30)15-27-16-22(25-17-27)33(31,32)29-7-2-3-8-29/h4-5,14,16-17H,2-3,6-13,15H2,1H3,(H,24,30). The molecule has 11 heteroatoms. The molecule has 0 atom stereocenters. The first-order valence-corrected chi connectivity index (χ1v) is 13.2. The van der Waals surface area contributed by atoms with E-state index in [2.05, 4.69) is 27.0 Å². The molecule has 180 valence electrons. The molecule has 0 radical (unpaired) electrons. The number of hydrogen-bond acceptors (Lipinski definition) is 6. The highest BCUT2D eigenvalue weighted by atomic mass is 35.5. The van der Waals surface area contributed by atoms with Gasteiger partial charge in [-0.05, 0) is 37.5 Å². The first kappa shape index (κ1) is 24.0. The van der Waals surface area contributed by atoms with Crippen LogP contribution in [-0.2, 0) is 21.4 Å². The SMILES string of the molecule is Cc1ccc(Cl)cc1N1CCN(CCNC(=O)Cn2cnc(S(=O)(=O)N3CCCC3)c2)CC1. The summed E-state index contributed by atoms with van der Waals surface area (Å²) in [6.07, 6.45) is 4.58. The van der Waals surface area contributed by atoms with Gasteiger partial charge < -0.3 is 14.8 Å².